The summed E-state index contributed by atoms with van der Waals surface area (Å²) in [6.45, 7) is 2.57. The highest BCUT2D eigenvalue weighted by atomic mass is 16.6. The van der Waals surface area contributed by atoms with Crippen molar-refractivity contribution in [2.24, 2.45) is 0 Å². The zero-order valence-electron chi connectivity index (χ0n) is 30.9. The Bertz CT molecular complexity index is 1780. The van der Waals surface area contributed by atoms with Crippen molar-refractivity contribution in [2.45, 2.75) is 64.4 Å². The maximum Gasteiger partial charge on any atom is 0.410 e. The van der Waals surface area contributed by atoms with Crippen LogP contribution in [-0.4, -0.2) is 61.6 Å². The Hall–Kier alpha value is -5.32. The molecular weight excluding hydrogens is 682 g/mol. The Morgan fingerprint density at radius 3 is 1.30 bits per heavy atom. The summed E-state index contributed by atoms with van der Waals surface area (Å²) < 4.78 is 37.6. The molecule has 1 amide bonds. The minimum atomic E-state index is -0.827. The van der Waals surface area contributed by atoms with E-state index in [0.717, 1.165) is 27.8 Å². The van der Waals surface area contributed by atoms with Crippen molar-refractivity contribution in [1.82, 2.24) is 4.90 Å². The van der Waals surface area contributed by atoms with E-state index in [0.29, 0.717) is 6.61 Å². The molecule has 9 heteroatoms. The minimum Gasteiger partial charge on any atom is -0.468 e. The van der Waals surface area contributed by atoms with E-state index < -0.39 is 36.5 Å². The Balaban J connectivity index is 1.50. The normalized spacial score (nSPS) is 13.3. The van der Waals surface area contributed by atoms with Crippen LogP contribution in [0.4, 0.5) is 4.79 Å². The highest BCUT2D eigenvalue weighted by Gasteiger charge is 2.39. The average Bonchev–Trinajstić information content (AvgIpc) is 3.23. The van der Waals surface area contributed by atoms with Gasteiger partial charge in [-0.25, -0.2) is 4.79 Å². The van der Waals surface area contributed by atoms with Crippen LogP contribution >= 0.6 is 0 Å². The molecule has 0 heterocycles. The van der Waals surface area contributed by atoms with Gasteiger partial charge in [0.25, 0.3) is 0 Å². The Morgan fingerprint density at radius 1 is 0.500 bits per heavy atom. The molecule has 0 unspecified atom stereocenters. The summed E-state index contributed by atoms with van der Waals surface area (Å²) >= 11 is 0. The first-order valence-electron chi connectivity index (χ1n) is 18.1. The molecule has 0 aliphatic heterocycles. The van der Waals surface area contributed by atoms with E-state index in [9.17, 15) is 9.59 Å². The second-order valence-electron chi connectivity index (χ2n) is 12.9. The summed E-state index contributed by atoms with van der Waals surface area (Å²) in [5, 5.41) is 0. The molecule has 9 nitrogen and oxygen atoms in total. The summed E-state index contributed by atoms with van der Waals surface area (Å²) in [6.07, 6.45) is -3.53. The molecule has 5 aromatic carbocycles. The van der Waals surface area contributed by atoms with Gasteiger partial charge in [0, 0.05) is 0 Å². The molecule has 0 saturated carbocycles. The summed E-state index contributed by atoms with van der Waals surface area (Å²) in [5.74, 6) is -0.605. The lowest BCUT2D eigenvalue weighted by molar-refractivity contribution is -0.189. The van der Waals surface area contributed by atoms with Gasteiger partial charge in [-0.1, -0.05) is 152 Å². The molecule has 0 saturated heterocycles. The number of amides is 1. The molecule has 5 rings (SSSR count). The number of carbonyl (C=O) groups excluding carboxylic acids is 2. The lowest BCUT2D eigenvalue weighted by Gasteiger charge is -2.38. The molecule has 0 aliphatic carbocycles. The third kappa shape index (κ3) is 13.3. The monoisotopic (exact) mass is 731 g/mol. The zero-order chi connectivity index (χ0) is 37.8. The summed E-state index contributed by atoms with van der Waals surface area (Å²) in [5.41, 5.74) is 4.65. The molecule has 0 fully saturated rings. The molecule has 5 aromatic rings. The smallest absolute Gasteiger partial charge is 0.410 e. The SMILES string of the molecule is COC(=O)CN(C[C@H](OCc1ccccc1)[C@H](OCc1ccccc1)[C@@H](OCc1ccccc1)[C@H](C)OCc1ccccc1)C(=O)OCc1ccccc1. The zero-order valence-corrected chi connectivity index (χ0v) is 30.9. The molecule has 0 spiro atoms. The van der Waals surface area contributed by atoms with Crippen molar-refractivity contribution in [3.05, 3.63) is 179 Å². The fourth-order valence-corrected chi connectivity index (χ4v) is 5.82. The van der Waals surface area contributed by atoms with Gasteiger partial charge in [-0.05, 0) is 34.7 Å². The van der Waals surface area contributed by atoms with Crippen LogP contribution in [0.25, 0.3) is 0 Å². The van der Waals surface area contributed by atoms with Crippen LogP contribution in [0.3, 0.4) is 0 Å². The van der Waals surface area contributed by atoms with Gasteiger partial charge >= 0.3 is 12.1 Å². The van der Waals surface area contributed by atoms with E-state index in [2.05, 4.69) is 0 Å². The number of benzene rings is 5. The lowest BCUT2D eigenvalue weighted by Crippen LogP contribution is -2.53. The van der Waals surface area contributed by atoms with E-state index in [1.54, 1.807) is 0 Å². The standard InChI is InChI=1S/C45H49NO8/c1-35(50-30-36-18-8-3-9-19-36)43(52-32-38-22-12-5-13-23-38)44(53-33-39-24-14-6-15-25-39)41(51-31-37-20-10-4-11-21-37)28-46(29-42(47)49-2)45(48)54-34-40-26-16-7-17-27-40/h3-27,35,41,43-44H,28-34H2,1-2H3/t35-,41-,43-,44-/m0/s1. The van der Waals surface area contributed by atoms with Crippen LogP contribution in [0, 0.1) is 0 Å². The highest BCUT2D eigenvalue weighted by Crippen LogP contribution is 2.24. The Kier molecular flexibility index (Phi) is 16.3. The largest absolute Gasteiger partial charge is 0.468 e. The second kappa shape index (κ2) is 22.0. The van der Waals surface area contributed by atoms with Gasteiger partial charge in [0.15, 0.2) is 0 Å². The number of carbonyl (C=O) groups is 2. The van der Waals surface area contributed by atoms with Crippen LogP contribution in [0.2, 0.25) is 0 Å². The van der Waals surface area contributed by atoms with Gasteiger partial charge in [-0.15, -0.1) is 0 Å². The number of ether oxygens (including phenoxy) is 6. The molecule has 0 bridgehead atoms. The first kappa shape index (κ1) is 39.9. The van der Waals surface area contributed by atoms with Gasteiger partial charge in [0.1, 0.15) is 31.5 Å². The lowest BCUT2D eigenvalue weighted by atomic mass is 10.0. The molecule has 0 aliphatic rings. The van der Waals surface area contributed by atoms with Gasteiger partial charge in [-0.2, -0.15) is 0 Å². The van der Waals surface area contributed by atoms with Crippen LogP contribution in [0.15, 0.2) is 152 Å². The predicted octanol–water partition coefficient (Wildman–Crippen LogP) is 8.16. The molecule has 54 heavy (non-hydrogen) atoms. The van der Waals surface area contributed by atoms with E-state index in [1.165, 1.54) is 12.0 Å². The molecule has 282 valence electrons. The molecule has 4 atom stereocenters. The van der Waals surface area contributed by atoms with Crippen molar-refractivity contribution >= 4 is 12.1 Å². The predicted molar refractivity (Wildman–Crippen MR) is 206 cm³/mol. The van der Waals surface area contributed by atoms with E-state index in [4.69, 9.17) is 28.4 Å². The fraction of sp³-hybridized carbons (Fsp3) is 0.289. The summed E-state index contributed by atoms with van der Waals surface area (Å²) in [7, 11) is 1.28. The van der Waals surface area contributed by atoms with Crippen molar-refractivity contribution in [3.8, 4) is 0 Å². The summed E-state index contributed by atoms with van der Waals surface area (Å²) in [6, 6.07) is 48.7. The minimum absolute atomic E-state index is 0.0218. The number of hydrogen-bond acceptors (Lipinski definition) is 8. The van der Waals surface area contributed by atoms with E-state index in [-0.39, 0.29) is 39.5 Å². The average molecular weight is 732 g/mol. The fourth-order valence-electron chi connectivity index (χ4n) is 5.82. The highest BCUT2D eigenvalue weighted by molar-refractivity contribution is 5.78. The maximum absolute atomic E-state index is 13.8. The van der Waals surface area contributed by atoms with Gasteiger partial charge < -0.3 is 28.4 Å². The summed E-state index contributed by atoms with van der Waals surface area (Å²) in [4.78, 5) is 27.9. The first-order chi connectivity index (χ1) is 26.5. The first-order valence-corrected chi connectivity index (χ1v) is 18.1. The van der Waals surface area contributed by atoms with Gasteiger partial charge in [0.05, 0.1) is 46.2 Å². The van der Waals surface area contributed by atoms with Crippen molar-refractivity contribution < 1.29 is 38.0 Å². The molecule has 0 N–H and O–H groups in total. The molecule has 0 aromatic heterocycles. The number of esters is 1. The topological polar surface area (TPSA) is 92.8 Å². The van der Waals surface area contributed by atoms with E-state index in [1.807, 2.05) is 159 Å². The maximum atomic E-state index is 13.8. The third-order valence-electron chi connectivity index (χ3n) is 8.80. The Morgan fingerprint density at radius 2 is 0.870 bits per heavy atom. The molecular formula is C45H49NO8. The van der Waals surface area contributed by atoms with Crippen LogP contribution in [0.5, 0.6) is 0 Å². The third-order valence-corrected chi connectivity index (χ3v) is 8.80. The number of rotatable bonds is 21. The number of nitrogens with zero attached hydrogens (tertiary/aromatic N) is 1. The van der Waals surface area contributed by atoms with E-state index >= 15 is 0 Å². The quantitative estimate of drug-likeness (QED) is 0.0699. The van der Waals surface area contributed by atoms with Crippen molar-refractivity contribution in [3.63, 3.8) is 0 Å². The van der Waals surface area contributed by atoms with Crippen LogP contribution < -0.4 is 0 Å². The van der Waals surface area contributed by atoms with Crippen molar-refractivity contribution in [2.75, 3.05) is 20.2 Å². The van der Waals surface area contributed by atoms with Gasteiger partial charge in [0.2, 0.25) is 0 Å². The Labute approximate surface area is 318 Å². The molecule has 0 radical (unpaired) electrons. The van der Waals surface area contributed by atoms with Gasteiger partial charge in [-0.3, -0.25) is 9.69 Å². The van der Waals surface area contributed by atoms with Crippen LogP contribution in [-0.2, 0) is 66.3 Å². The van der Waals surface area contributed by atoms with Crippen LogP contribution in [0.1, 0.15) is 34.7 Å². The van der Waals surface area contributed by atoms with Crippen molar-refractivity contribution in [1.29, 1.82) is 0 Å². The number of methoxy groups -OCH3 is 1. The number of hydrogen-bond donors (Lipinski definition) is 0. The second-order valence-corrected chi connectivity index (χ2v) is 12.9.